The number of hydrogen-bond acceptors (Lipinski definition) is 9. The normalized spacial score (nSPS) is 17.3. The molecule has 3 aromatic rings. The van der Waals surface area contributed by atoms with Crippen LogP contribution in [0.5, 0.6) is 0 Å². The highest BCUT2D eigenvalue weighted by molar-refractivity contribution is 5.82. The topological polar surface area (TPSA) is 121 Å². The number of carbonyl (C=O) groups excluding carboxylic acids is 1. The number of anilines is 2. The number of aromatic nitrogens is 5. The smallest absolute Gasteiger partial charge is 0.330 e. The monoisotopic (exact) mass is 369 g/mol. The van der Waals surface area contributed by atoms with E-state index >= 15 is 0 Å². The van der Waals surface area contributed by atoms with Crippen molar-refractivity contribution in [1.82, 2.24) is 24.3 Å². The molecule has 4 rings (SSSR count). The van der Waals surface area contributed by atoms with Crippen molar-refractivity contribution >= 4 is 23.4 Å². The highest BCUT2D eigenvalue weighted by Crippen LogP contribution is 2.27. The van der Waals surface area contributed by atoms with Gasteiger partial charge in [-0.25, -0.2) is 24.7 Å². The number of nitrogens with two attached hydrogens (primary N) is 1. The van der Waals surface area contributed by atoms with Crippen LogP contribution >= 0.6 is 0 Å². The van der Waals surface area contributed by atoms with E-state index in [2.05, 4.69) is 15.0 Å². The number of aryl methyl sites for hydroxylation is 1. The molecule has 0 spiro atoms. The molecule has 140 valence electrons. The van der Waals surface area contributed by atoms with Crippen LogP contribution in [0.1, 0.15) is 5.69 Å². The molecule has 10 heteroatoms. The number of nitrogens with zero attached hydrogens (tertiary/aromatic N) is 6. The highest BCUT2D eigenvalue weighted by atomic mass is 16.5. The minimum Gasteiger partial charge on any atom is -0.467 e. The van der Waals surface area contributed by atoms with Gasteiger partial charge in [0.1, 0.15) is 0 Å². The average Bonchev–Trinajstić information content (AvgIpc) is 3.07. The van der Waals surface area contributed by atoms with Crippen molar-refractivity contribution in [3.8, 4) is 11.3 Å². The lowest BCUT2D eigenvalue weighted by Gasteiger charge is -2.34. The van der Waals surface area contributed by atoms with Gasteiger partial charge in [0.05, 0.1) is 31.7 Å². The van der Waals surface area contributed by atoms with Crippen molar-refractivity contribution < 1.29 is 14.3 Å². The first-order valence-electron chi connectivity index (χ1n) is 8.43. The summed E-state index contributed by atoms with van der Waals surface area (Å²) in [7, 11) is 1.36. The number of morpholine rings is 1. The fourth-order valence-corrected chi connectivity index (χ4v) is 3.10. The van der Waals surface area contributed by atoms with Gasteiger partial charge in [0.25, 0.3) is 0 Å². The van der Waals surface area contributed by atoms with Crippen molar-refractivity contribution in [2.75, 3.05) is 37.5 Å². The summed E-state index contributed by atoms with van der Waals surface area (Å²) >= 11 is 0. The van der Waals surface area contributed by atoms with Gasteiger partial charge < -0.3 is 24.5 Å². The van der Waals surface area contributed by atoms with E-state index in [4.69, 9.17) is 20.2 Å². The van der Waals surface area contributed by atoms with Crippen LogP contribution in [0, 0.1) is 6.92 Å². The molecule has 27 heavy (non-hydrogen) atoms. The Labute approximate surface area is 155 Å². The minimum absolute atomic E-state index is 0.192. The first-order chi connectivity index (χ1) is 13.1. The van der Waals surface area contributed by atoms with Crippen molar-refractivity contribution in [2.45, 2.75) is 13.0 Å². The number of carbonyl (C=O) groups is 1. The van der Waals surface area contributed by atoms with Gasteiger partial charge in [-0.3, -0.25) is 0 Å². The predicted octanol–water partition coefficient (Wildman–Crippen LogP) is 0.455. The zero-order valence-corrected chi connectivity index (χ0v) is 15.0. The van der Waals surface area contributed by atoms with E-state index in [9.17, 15) is 4.79 Å². The molecule has 1 unspecified atom stereocenters. The van der Waals surface area contributed by atoms with E-state index in [1.54, 1.807) is 12.4 Å². The van der Waals surface area contributed by atoms with Gasteiger partial charge in [0.15, 0.2) is 17.5 Å². The maximum absolute atomic E-state index is 12.3. The number of hydrogen-bond donors (Lipinski definition) is 1. The van der Waals surface area contributed by atoms with E-state index in [1.165, 1.54) is 7.11 Å². The molecule has 1 fully saturated rings. The third-order valence-corrected chi connectivity index (χ3v) is 4.38. The average molecular weight is 369 g/mol. The van der Waals surface area contributed by atoms with Crippen LogP contribution in [-0.2, 0) is 14.3 Å². The molecule has 1 aliphatic rings. The van der Waals surface area contributed by atoms with Gasteiger partial charge in [-0.15, -0.1) is 0 Å². The van der Waals surface area contributed by atoms with Crippen LogP contribution in [0.15, 0.2) is 24.8 Å². The highest BCUT2D eigenvalue weighted by Gasteiger charge is 2.33. The molecule has 1 atom stereocenters. The SMILES string of the molecule is COC(=O)C1COCCN1c1nc(-c2cnc(N)nc2)cn2cc(C)nc12. The third-order valence-electron chi connectivity index (χ3n) is 4.38. The second kappa shape index (κ2) is 6.80. The van der Waals surface area contributed by atoms with Gasteiger partial charge in [0.2, 0.25) is 5.95 Å². The second-order valence-corrected chi connectivity index (χ2v) is 6.20. The van der Waals surface area contributed by atoms with Crippen molar-refractivity contribution in [3.63, 3.8) is 0 Å². The first-order valence-corrected chi connectivity index (χ1v) is 8.43. The van der Waals surface area contributed by atoms with Gasteiger partial charge >= 0.3 is 5.97 Å². The number of nitrogen functional groups attached to an aromatic ring is 1. The molecule has 2 N–H and O–H groups in total. The van der Waals surface area contributed by atoms with E-state index in [0.717, 1.165) is 5.69 Å². The number of imidazole rings is 1. The Morgan fingerprint density at radius 2 is 2.07 bits per heavy atom. The van der Waals surface area contributed by atoms with Crippen LogP contribution in [0.2, 0.25) is 0 Å². The number of esters is 1. The van der Waals surface area contributed by atoms with Crippen LogP contribution in [0.3, 0.4) is 0 Å². The lowest BCUT2D eigenvalue weighted by molar-refractivity contribution is -0.144. The van der Waals surface area contributed by atoms with Crippen LogP contribution in [-0.4, -0.2) is 63.2 Å². The summed E-state index contributed by atoms with van der Waals surface area (Å²) in [6, 6.07) is -0.588. The molecule has 1 aliphatic heterocycles. The Balaban J connectivity index is 1.87. The molecule has 0 saturated carbocycles. The molecular weight excluding hydrogens is 350 g/mol. The fourth-order valence-electron chi connectivity index (χ4n) is 3.10. The number of fused-ring (bicyclic) bond motifs is 1. The van der Waals surface area contributed by atoms with Crippen molar-refractivity contribution in [3.05, 3.63) is 30.5 Å². The lowest BCUT2D eigenvalue weighted by atomic mass is 10.2. The molecular formula is C17H19N7O3. The standard InChI is InChI=1S/C17H19N7O3/c1-10-7-23-8-12(11-5-19-17(18)20-6-11)22-15(14(23)21-10)24-3-4-27-9-13(24)16(25)26-2/h5-8,13H,3-4,9H2,1-2H3,(H2,18,19,20). The van der Waals surface area contributed by atoms with E-state index in [1.807, 2.05) is 28.6 Å². The van der Waals surface area contributed by atoms with Crippen molar-refractivity contribution in [2.24, 2.45) is 0 Å². The Bertz CT molecular complexity index is 986. The summed E-state index contributed by atoms with van der Waals surface area (Å²) < 4.78 is 12.3. The number of methoxy groups -OCH3 is 1. The first kappa shape index (κ1) is 17.2. The molecule has 0 aliphatic carbocycles. The van der Waals surface area contributed by atoms with Gasteiger partial charge in [-0.05, 0) is 6.92 Å². The van der Waals surface area contributed by atoms with Gasteiger partial charge in [0, 0.05) is 36.9 Å². The molecule has 3 aromatic heterocycles. The summed E-state index contributed by atoms with van der Waals surface area (Å²) in [5, 5.41) is 0. The Morgan fingerprint density at radius 3 is 2.81 bits per heavy atom. The molecule has 0 bridgehead atoms. The summed E-state index contributed by atoms with van der Waals surface area (Å²) in [5.41, 5.74) is 8.43. The molecule has 4 heterocycles. The second-order valence-electron chi connectivity index (χ2n) is 6.20. The molecule has 10 nitrogen and oxygen atoms in total. The predicted molar refractivity (Wildman–Crippen MR) is 97.1 cm³/mol. The molecule has 0 radical (unpaired) electrons. The lowest BCUT2D eigenvalue weighted by Crippen LogP contribution is -2.51. The summed E-state index contributed by atoms with van der Waals surface area (Å²) in [6.45, 7) is 3.11. The van der Waals surface area contributed by atoms with Crippen LogP contribution in [0.25, 0.3) is 16.9 Å². The zero-order chi connectivity index (χ0) is 19.0. The summed E-state index contributed by atoms with van der Waals surface area (Å²) in [5.74, 6) is 0.396. The van der Waals surface area contributed by atoms with Crippen molar-refractivity contribution in [1.29, 1.82) is 0 Å². The number of rotatable bonds is 3. The zero-order valence-electron chi connectivity index (χ0n) is 15.0. The van der Waals surface area contributed by atoms with Gasteiger partial charge in [-0.2, -0.15) is 0 Å². The molecule has 0 aromatic carbocycles. The minimum atomic E-state index is -0.588. The van der Waals surface area contributed by atoms with E-state index in [-0.39, 0.29) is 18.5 Å². The number of ether oxygens (including phenoxy) is 2. The summed E-state index contributed by atoms with van der Waals surface area (Å²) in [6.07, 6.45) is 6.97. The fraction of sp³-hybridized carbons (Fsp3) is 0.353. The maximum atomic E-state index is 12.3. The Kier molecular flexibility index (Phi) is 4.32. The Hall–Kier alpha value is -3.27. The van der Waals surface area contributed by atoms with Crippen LogP contribution in [0.4, 0.5) is 11.8 Å². The largest absolute Gasteiger partial charge is 0.467 e. The molecule has 1 saturated heterocycles. The third kappa shape index (κ3) is 3.14. The van der Waals surface area contributed by atoms with E-state index < -0.39 is 6.04 Å². The maximum Gasteiger partial charge on any atom is 0.330 e. The summed E-state index contributed by atoms with van der Waals surface area (Å²) in [4.78, 5) is 31.5. The quantitative estimate of drug-likeness (QED) is 0.656. The Morgan fingerprint density at radius 1 is 1.30 bits per heavy atom. The van der Waals surface area contributed by atoms with Gasteiger partial charge in [-0.1, -0.05) is 0 Å². The van der Waals surface area contributed by atoms with Crippen LogP contribution < -0.4 is 10.6 Å². The molecule has 0 amide bonds. The van der Waals surface area contributed by atoms with E-state index in [0.29, 0.717) is 35.9 Å².